The summed E-state index contributed by atoms with van der Waals surface area (Å²) in [5, 5.41) is 15.4. The Kier molecular flexibility index (Phi) is 7.19. The summed E-state index contributed by atoms with van der Waals surface area (Å²) in [6.07, 6.45) is 7.56. The predicted molar refractivity (Wildman–Crippen MR) is 117 cm³/mol. The number of aryl methyl sites for hydroxylation is 1. The summed E-state index contributed by atoms with van der Waals surface area (Å²) in [4.78, 5) is 29.3. The van der Waals surface area contributed by atoms with Gasteiger partial charge in [0.05, 0.1) is 6.33 Å². The standard InChI is InChI=1S/C21H22N6O2S/c1-2-27-20(29)18(14-25-16-7-4-3-5-8-16)30-21(27)17(13-22)19(28)24-9-6-11-26-12-10-23-15-26/h3-5,7-8,10,12,14-15,25H,2,6,9,11H2,1H3,(H,24,28). The van der Waals surface area contributed by atoms with Crippen LogP contribution in [0.25, 0.3) is 11.8 Å². The molecule has 0 saturated heterocycles. The van der Waals surface area contributed by atoms with Gasteiger partial charge in [0.15, 0.2) is 5.57 Å². The van der Waals surface area contributed by atoms with Crippen molar-refractivity contribution in [1.82, 2.24) is 19.4 Å². The van der Waals surface area contributed by atoms with E-state index in [-0.39, 0.29) is 11.1 Å². The van der Waals surface area contributed by atoms with Gasteiger partial charge in [-0.05, 0) is 25.5 Å². The fraction of sp³-hybridized carbons (Fsp3) is 0.238. The number of hydrogen-bond donors (Lipinski definition) is 2. The van der Waals surface area contributed by atoms with Crippen LogP contribution >= 0.6 is 11.3 Å². The molecule has 0 aliphatic rings. The molecule has 2 N–H and O–H groups in total. The molecule has 0 spiro atoms. The molecule has 9 heteroatoms. The molecule has 0 aliphatic heterocycles. The molecule has 0 saturated carbocycles. The Morgan fingerprint density at radius 3 is 2.80 bits per heavy atom. The number of benzene rings is 1. The molecule has 2 heterocycles. The smallest absolute Gasteiger partial charge is 0.270 e. The molecular formula is C21H22N6O2S. The van der Waals surface area contributed by atoms with Crippen molar-refractivity contribution < 1.29 is 4.79 Å². The Hall–Kier alpha value is -3.64. The van der Waals surface area contributed by atoms with Crippen molar-refractivity contribution in [2.45, 2.75) is 26.4 Å². The van der Waals surface area contributed by atoms with Gasteiger partial charge in [-0.25, -0.2) is 4.98 Å². The van der Waals surface area contributed by atoms with Crippen molar-refractivity contribution in [3.63, 3.8) is 0 Å². The number of nitriles is 1. The lowest BCUT2D eigenvalue weighted by Crippen LogP contribution is -2.35. The zero-order chi connectivity index (χ0) is 21.3. The molecule has 1 amide bonds. The lowest BCUT2D eigenvalue weighted by molar-refractivity contribution is -0.115. The second kappa shape index (κ2) is 10.2. The highest BCUT2D eigenvalue weighted by molar-refractivity contribution is 7.07. The number of anilines is 1. The number of hydrogen-bond acceptors (Lipinski definition) is 6. The first-order valence-electron chi connectivity index (χ1n) is 9.53. The molecule has 30 heavy (non-hydrogen) atoms. The van der Waals surface area contributed by atoms with E-state index in [0.717, 1.165) is 17.0 Å². The van der Waals surface area contributed by atoms with E-state index in [1.54, 1.807) is 18.7 Å². The quantitative estimate of drug-likeness (QED) is 0.524. The van der Waals surface area contributed by atoms with Crippen LogP contribution in [0, 0.1) is 11.3 Å². The number of carbonyl (C=O) groups excluding carboxylic acids is 1. The van der Waals surface area contributed by atoms with Gasteiger partial charge in [-0.2, -0.15) is 5.26 Å². The van der Waals surface area contributed by atoms with Crippen LogP contribution in [0.4, 0.5) is 5.69 Å². The third-order valence-electron chi connectivity index (χ3n) is 4.36. The van der Waals surface area contributed by atoms with E-state index >= 15 is 0 Å². The van der Waals surface area contributed by atoms with Gasteiger partial charge in [-0.15, -0.1) is 11.3 Å². The highest BCUT2D eigenvalue weighted by Gasteiger charge is 2.14. The van der Waals surface area contributed by atoms with Crippen molar-refractivity contribution in [1.29, 1.82) is 5.26 Å². The van der Waals surface area contributed by atoms with E-state index in [4.69, 9.17) is 0 Å². The average Bonchev–Trinajstić information content (AvgIpc) is 3.39. The third-order valence-corrected chi connectivity index (χ3v) is 5.49. The van der Waals surface area contributed by atoms with Crippen LogP contribution in [0.3, 0.4) is 0 Å². The second-order valence-electron chi connectivity index (χ2n) is 6.37. The van der Waals surface area contributed by atoms with Gasteiger partial charge in [0, 0.05) is 43.9 Å². The molecule has 0 atom stereocenters. The Bertz CT molecular complexity index is 1200. The lowest BCUT2D eigenvalue weighted by Gasteiger charge is -2.05. The first kappa shape index (κ1) is 21.1. The van der Waals surface area contributed by atoms with Crippen LogP contribution < -0.4 is 25.4 Å². The maximum Gasteiger partial charge on any atom is 0.270 e. The molecular weight excluding hydrogens is 400 g/mol. The number of amides is 1. The maximum atomic E-state index is 12.7. The minimum absolute atomic E-state index is 0.0547. The van der Waals surface area contributed by atoms with Gasteiger partial charge in [-0.1, -0.05) is 18.2 Å². The number of nitrogens with one attached hydrogen (secondary N) is 2. The van der Waals surface area contributed by atoms with Gasteiger partial charge < -0.3 is 15.2 Å². The topological polar surface area (TPSA) is 105 Å². The molecule has 0 aliphatic carbocycles. The van der Waals surface area contributed by atoms with E-state index in [1.165, 1.54) is 4.57 Å². The highest BCUT2D eigenvalue weighted by atomic mass is 32.1. The monoisotopic (exact) mass is 422 g/mol. The zero-order valence-electron chi connectivity index (χ0n) is 16.5. The van der Waals surface area contributed by atoms with Gasteiger partial charge in [0.2, 0.25) is 0 Å². The first-order valence-corrected chi connectivity index (χ1v) is 10.4. The molecule has 0 radical (unpaired) electrons. The van der Waals surface area contributed by atoms with Crippen LogP contribution in [0.2, 0.25) is 0 Å². The summed E-state index contributed by atoms with van der Waals surface area (Å²) in [6, 6.07) is 11.4. The van der Waals surface area contributed by atoms with E-state index in [1.807, 2.05) is 54.1 Å². The van der Waals surface area contributed by atoms with Crippen molar-refractivity contribution >= 4 is 34.7 Å². The van der Waals surface area contributed by atoms with E-state index in [2.05, 4.69) is 15.6 Å². The van der Waals surface area contributed by atoms with Crippen molar-refractivity contribution in [3.05, 3.63) is 68.6 Å². The predicted octanol–water partition coefficient (Wildman–Crippen LogP) is 0.857. The van der Waals surface area contributed by atoms with Crippen LogP contribution in [-0.4, -0.2) is 26.6 Å². The van der Waals surface area contributed by atoms with E-state index in [0.29, 0.717) is 35.3 Å². The minimum atomic E-state index is -0.478. The van der Waals surface area contributed by atoms with Crippen LogP contribution in [0.5, 0.6) is 0 Å². The molecule has 0 bridgehead atoms. The van der Waals surface area contributed by atoms with Gasteiger partial charge in [0.25, 0.3) is 11.5 Å². The molecule has 2 aromatic heterocycles. The van der Waals surface area contributed by atoms with Crippen molar-refractivity contribution in [2.24, 2.45) is 0 Å². The molecule has 0 unspecified atom stereocenters. The van der Waals surface area contributed by atoms with E-state index < -0.39 is 5.91 Å². The fourth-order valence-corrected chi connectivity index (χ4v) is 3.93. The van der Waals surface area contributed by atoms with Gasteiger partial charge in [0.1, 0.15) is 15.3 Å². The molecule has 8 nitrogen and oxygen atoms in total. The van der Waals surface area contributed by atoms with Gasteiger partial charge >= 0.3 is 0 Å². The third kappa shape index (κ3) is 5.04. The summed E-state index contributed by atoms with van der Waals surface area (Å²) >= 11 is 1.13. The number of aromatic nitrogens is 3. The Morgan fingerprint density at radius 2 is 2.13 bits per heavy atom. The number of carbonyl (C=O) groups is 1. The molecule has 3 aromatic rings. The largest absolute Gasteiger partial charge is 0.360 e. The number of rotatable bonds is 8. The molecule has 0 fully saturated rings. The average molecular weight is 423 g/mol. The number of para-hydroxylation sites is 1. The highest BCUT2D eigenvalue weighted by Crippen LogP contribution is 2.04. The summed E-state index contributed by atoms with van der Waals surface area (Å²) in [5.41, 5.74) is 0.553. The van der Waals surface area contributed by atoms with E-state index in [9.17, 15) is 14.9 Å². The molecule has 1 aromatic carbocycles. The Morgan fingerprint density at radius 1 is 1.33 bits per heavy atom. The number of thiazole rings is 1. The Labute approximate surface area is 177 Å². The Balaban J connectivity index is 1.82. The summed E-state index contributed by atoms with van der Waals surface area (Å²) in [6.45, 7) is 3.30. The first-order chi connectivity index (χ1) is 14.6. The summed E-state index contributed by atoms with van der Waals surface area (Å²) in [5.74, 6) is -0.478. The molecule has 3 rings (SSSR count). The fourth-order valence-electron chi connectivity index (χ4n) is 2.84. The lowest BCUT2D eigenvalue weighted by atomic mass is 10.3. The van der Waals surface area contributed by atoms with Crippen LogP contribution in [-0.2, 0) is 17.9 Å². The zero-order valence-corrected chi connectivity index (χ0v) is 17.4. The van der Waals surface area contributed by atoms with Crippen molar-refractivity contribution in [2.75, 3.05) is 11.9 Å². The molecule has 154 valence electrons. The summed E-state index contributed by atoms with van der Waals surface area (Å²) < 4.78 is 4.15. The normalized spacial score (nSPS) is 12.3. The van der Waals surface area contributed by atoms with Crippen LogP contribution in [0.1, 0.15) is 13.3 Å². The summed E-state index contributed by atoms with van der Waals surface area (Å²) in [7, 11) is 0. The van der Waals surface area contributed by atoms with Crippen molar-refractivity contribution in [3.8, 4) is 6.07 Å². The number of imidazole rings is 1. The SMILES string of the molecule is CCn1c(=C(C#N)C(=O)NCCCn2ccnc2)sc(=CNc2ccccc2)c1=O. The second-order valence-corrected chi connectivity index (χ2v) is 7.40. The van der Waals surface area contributed by atoms with Crippen LogP contribution in [0.15, 0.2) is 53.8 Å². The number of nitrogens with zero attached hydrogens (tertiary/aromatic N) is 4. The van der Waals surface area contributed by atoms with Gasteiger partial charge in [-0.3, -0.25) is 14.2 Å². The maximum absolute atomic E-state index is 12.7. The minimum Gasteiger partial charge on any atom is -0.360 e.